The van der Waals surface area contributed by atoms with Gasteiger partial charge in [-0.25, -0.2) is 9.97 Å². The summed E-state index contributed by atoms with van der Waals surface area (Å²) in [6.45, 7) is 0. The molecule has 9 heteroatoms. The molecule has 2 aliphatic rings. The minimum absolute atomic E-state index is 0.102. The molecule has 0 N–H and O–H groups in total. The molecule has 13 aromatic carbocycles. The minimum Gasteiger partial charge on any atom is -0.212 e. The predicted molar refractivity (Wildman–Crippen MR) is 361 cm³/mol. The Balaban J connectivity index is 0.831. The van der Waals surface area contributed by atoms with Gasteiger partial charge in [0.2, 0.25) is 5.95 Å². The fraction of sp³-hybridized carbons (Fsp3) is 0. The third-order valence-corrected chi connectivity index (χ3v) is 19.6. The summed E-state index contributed by atoms with van der Waals surface area (Å²) in [6, 6.07) is 104. The van der Waals surface area contributed by atoms with Crippen LogP contribution in [0.3, 0.4) is 0 Å². The molecule has 0 radical (unpaired) electrons. The number of para-hydroxylation sites is 6. The summed E-state index contributed by atoms with van der Waals surface area (Å²) < 4.78 is 2.74. The van der Waals surface area contributed by atoms with Crippen LogP contribution in [-0.4, -0.2) is 34.4 Å². The van der Waals surface area contributed by atoms with E-state index in [4.69, 9.17) is 19.9 Å². The summed E-state index contributed by atoms with van der Waals surface area (Å²) >= 11 is 0.102. The van der Waals surface area contributed by atoms with Gasteiger partial charge < -0.3 is 0 Å². The van der Waals surface area contributed by atoms with E-state index >= 15 is 0 Å². The molecule has 0 amide bonds. The van der Waals surface area contributed by atoms with Crippen LogP contribution in [0.5, 0.6) is 0 Å². The standard InChI is InChI=1S/C78H48N8Se/c1-5-21-49(22-6-1)59-46-60(50-23-7-2-8-24-50)80-77(79-59)85-68-33-17-14-30-65(68)83(66-31-15-18-34-69(66)85)63-43-39-53-38-42-57-64(44-40-54-37-41-56(63)75(53)76(54)57)84-67-32-16-19-35-70(67)86(71-45-58-55-29-13-20-36-73(55)87-74(58)48-72(71)84)78-81-61(51-25-9-3-10-26-51)47-62(82-78)52-27-11-4-12-28-52/h1-48H. The van der Waals surface area contributed by atoms with Crippen LogP contribution in [0.15, 0.2) is 291 Å². The topological polar surface area (TPSA) is 64.5 Å². The molecule has 3 aromatic heterocycles. The van der Waals surface area contributed by atoms with E-state index < -0.39 is 0 Å². The van der Waals surface area contributed by atoms with Crippen LogP contribution < -0.4 is 19.6 Å². The number of aromatic nitrogens is 4. The van der Waals surface area contributed by atoms with Crippen molar-refractivity contribution in [3.8, 4) is 45.0 Å². The number of hydrogen-bond acceptors (Lipinski definition) is 8. The van der Waals surface area contributed by atoms with E-state index in [0.717, 1.165) is 113 Å². The van der Waals surface area contributed by atoms with Crippen LogP contribution in [-0.2, 0) is 0 Å². The number of nitrogens with zero attached hydrogens (tertiary/aromatic N) is 8. The summed E-state index contributed by atoms with van der Waals surface area (Å²) in [6.07, 6.45) is 0. The Morgan fingerprint density at radius 1 is 0.218 bits per heavy atom. The second kappa shape index (κ2) is 19.7. The monoisotopic (exact) mass is 1180 g/mol. The third kappa shape index (κ3) is 7.84. The van der Waals surface area contributed by atoms with Crippen LogP contribution in [0.25, 0.3) is 96.6 Å². The van der Waals surface area contributed by atoms with E-state index in [1.165, 1.54) is 40.8 Å². The van der Waals surface area contributed by atoms with E-state index in [-0.39, 0.29) is 14.5 Å². The first-order valence-corrected chi connectivity index (χ1v) is 31.0. The fourth-order valence-corrected chi connectivity index (χ4v) is 15.7. The maximum absolute atomic E-state index is 5.50. The van der Waals surface area contributed by atoms with Gasteiger partial charge in [0.15, 0.2) is 0 Å². The van der Waals surface area contributed by atoms with Crippen molar-refractivity contribution in [2.45, 2.75) is 0 Å². The molecule has 2 aliphatic heterocycles. The smallest absolute Gasteiger partial charge is 0.212 e. The normalized spacial score (nSPS) is 12.7. The molecule has 8 nitrogen and oxygen atoms in total. The van der Waals surface area contributed by atoms with Gasteiger partial charge in [0, 0.05) is 11.1 Å². The molecular formula is C78H48N8Se. The zero-order chi connectivity index (χ0) is 57.1. The summed E-state index contributed by atoms with van der Waals surface area (Å²) in [4.78, 5) is 31.3. The van der Waals surface area contributed by atoms with Gasteiger partial charge in [-0.3, -0.25) is 4.90 Å². The van der Waals surface area contributed by atoms with Gasteiger partial charge in [0.1, 0.15) is 0 Å². The third-order valence-electron chi connectivity index (χ3n) is 17.3. The number of benzene rings is 13. The molecule has 16 aromatic rings. The zero-order valence-electron chi connectivity index (χ0n) is 46.7. The van der Waals surface area contributed by atoms with Gasteiger partial charge in [-0.05, 0) is 30.3 Å². The predicted octanol–water partition coefficient (Wildman–Crippen LogP) is 20.7. The molecule has 0 aliphatic carbocycles. The van der Waals surface area contributed by atoms with Gasteiger partial charge in [-0.15, -0.1) is 0 Å². The molecule has 406 valence electrons. The van der Waals surface area contributed by atoms with Crippen molar-refractivity contribution in [1.82, 2.24) is 19.9 Å². The summed E-state index contributed by atoms with van der Waals surface area (Å²) in [5.74, 6) is 1.21. The number of rotatable bonds is 8. The Morgan fingerprint density at radius 3 is 0.977 bits per heavy atom. The molecule has 0 fully saturated rings. The molecule has 87 heavy (non-hydrogen) atoms. The Labute approximate surface area is 507 Å². The first-order chi connectivity index (χ1) is 43.1. The molecule has 18 rings (SSSR count). The van der Waals surface area contributed by atoms with E-state index in [1.54, 1.807) is 0 Å². The molecule has 0 saturated carbocycles. The summed E-state index contributed by atoms with van der Waals surface area (Å²) in [5, 5.41) is 9.66. The number of fused-ring (bicyclic) bond motifs is 7. The van der Waals surface area contributed by atoms with Crippen molar-refractivity contribution in [3.63, 3.8) is 0 Å². The molecular weight excluding hydrogens is 1130 g/mol. The van der Waals surface area contributed by atoms with Crippen LogP contribution in [0.2, 0.25) is 0 Å². The molecule has 0 unspecified atom stereocenters. The van der Waals surface area contributed by atoms with Gasteiger partial charge in [-0.1, -0.05) is 84.9 Å². The Morgan fingerprint density at radius 2 is 0.552 bits per heavy atom. The van der Waals surface area contributed by atoms with Crippen LogP contribution in [0, 0.1) is 0 Å². The van der Waals surface area contributed by atoms with E-state index in [9.17, 15) is 0 Å². The number of anilines is 12. The van der Waals surface area contributed by atoms with Crippen molar-refractivity contribution < 1.29 is 0 Å². The fourth-order valence-electron chi connectivity index (χ4n) is 13.4. The van der Waals surface area contributed by atoms with Crippen LogP contribution in [0.4, 0.5) is 68.8 Å². The van der Waals surface area contributed by atoms with Crippen LogP contribution >= 0.6 is 0 Å². The Kier molecular flexibility index (Phi) is 11.1. The van der Waals surface area contributed by atoms with Gasteiger partial charge >= 0.3 is 341 Å². The van der Waals surface area contributed by atoms with Gasteiger partial charge in [-0.2, -0.15) is 0 Å². The van der Waals surface area contributed by atoms with Crippen molar-refractivity contribution >= 4 is 135 Å². The SMILES string of the molecule is c1ccc(-c2cc(-c3ccccc3)nc(N3c4ccccc4N(c4ccc5ccc6c(N7c8ccccc8N(c8nc(-c9ccccc9)cc(-c9ccccc9)n8)c8cc9c(cc87)[se]c7ccccc79)ccc7ccc4c5c76)c4ccccc43)n2)cc1. The zero-order valence-corrected chi connectivity index (χ0v) is 48.4. The Hall–Kier alpha value is -11.2. The van der Waals surface area contributed by atoms with Crippen molar-refractivity contribution in [2.75, 3.05) is 19.6 Å². The average molecular weight is 1180 g/mol. The molecule has 0 saturated heterocycles. The quantitative estimate of drug-likeness (QED) is 0.110. The van der Waals surface area contributed by atoms with Crippen molar-refractivity contribution in [1.29, 1.82) is 0 Å². The molecule has 0 atom stereocenters. The van der Waals surface area contributed by atoms with E-state index in [1.807, 2.05) is 12.1 Å². The molecule has 0 bridgehead atoms. The first kappa shape index (κ1) is 49.2. The summed E-state index contributed by atoms with van der Waals surface area (Å²) in [7, 11) is 0. The minimum atomic E-state index is 0.102. The molecule has 0 spiro atoms. The molecule has 5 heterocycles. The number of hydrogen-bond donors (Lipinski definition) is 0. The van der Waals surface area contributed by atoms with Crippen LogP contribution in [0.1, 0.15) is 0 Å². The summed E-state index contributed by atoms with van der Waals surface area (Å²) in [5.41, 5.74) is 17.8. The van der Waals surface area contributed by atoms with Gasteiger partial charge in [0.25, 0.3) is 0 Å². The average Bonchev–Trinajstić information content (AvgIpc) is 2.28. The first-order valence-electron chi connectivity index (χ1n) is 29.3. The van der Waals surface area contributed by atoms with Gasteiger partial charge in [0.05, 0.1) is 22.8 Å². The maximum atomic E-state index is 5.50. The Bertz CT molecular complexity index is 5220. The second-order valence-electron chi connectivity index (χ2n) is 22.2. The van der Waals surface area contributed by atoms with Crippen molar-refractivity contribution in [2.24, 2.45) is 0 Å². The van der Waals surface area contributed by atoms with Crippen molar-refractivity contribution in [3.05, 3.63) is 291 Å². The second-order valence-corrected chi connectivity index (χ2v) is 24.4. The van der Waals surface area contributed by atoms with E-state index in [0.29, 0.717) is 11.9 Å². The van der Waals surface area contributed by atoms with E-state index in [2.05, 4.69) is 299 Å².